The second-order valence-corrected chi connectivity index (χ2v) is 6.62. The summed E-state index contributed by atoms with van der Waals surface area (Å²) in [4.78, 5) is 14.6. The van der Waals surface area contributed by atoms with Crippen molar-refractivity contribution in [2.45, 2.75) is 56.7 Å². The van der Waals surface area contributed by atoms with E-state index >= 15 is 0 Å². The maximum Gasteiger partial charge on any atom is 0.223 e. The van der Waals surface area contributed by atoms with E-state index in [4.69, 9.17) is 16.3 Å². The lowest BCUT2D eigenvalue weighted by Crippen LogP contribution is -2.48. The van der Waals surface area contributed by atoms with Crippen molar-refractivity contribution >= 4 is 17.5 Å². The Hall–Kier alpha value is -1.13. The number of fused-ring (bicyclic) bond motifs is 2. The number of rotatable bonds is 4. The number of ether oxygens (including phenoxy) is 1. The number of benzene rings is 1. The molecule has 2 atom stereocenters. The average Bonchev–Trinajstić information content (AvgIpc) is 2.77. The molecule has 0 N–H and O–H groups in total. The van der Waals surface area contributed by atoms with Gasteiger partial charge in [-0.15, -0.1) is 0 Å². The zero-order valence-electron chi connectivity index (χ0n) is 12.7. The Morgan fingerprint density at radius 3 is 2.64 bits per heavy atom. The van der Waals surface area contributed by atoms with E-state index in [1.807, 2.05) is 4.90 Å². The summed E-state index contributed by atoms with van der Waals surface area (Å²) in [6.45, 7) is 0. The van der Waals surface area contributed by atoms with E-state index in [9.17, 15) is 9.18 Å². The van der Waals surface area contributed by atoms with Gasteiger partial charge in [0.25, 0.3) is 0 Å². The Balaban J connectivity index is 1.64. The summed E-state index contributed by atoms with van der Waals surface area (Å²) in [5.41, 5.74) is 0.441. The predicted molar refractivity (Wildman–Crippen MR) is 83.4 cm³/mol. The molecule has 3 rings (SSSR count). The number of amides is 1. The highest BCUT2D eigenvalue weighted by atomic mass is 35.5. The Morgan fingerprint density at radius 2 is 2.05 bits per heavy atom. The summed E-state index contributed by atoms with van der Waals surface area (Å²) in [5, 5.41) is 0.397. The van der Waals surface area contributed by atoms with E-state index in [-0.39, 0.29) is 29.9 Å². The van der Waals surface area contributed by atoms with Crippen LogP contribution in [0.25, 0.3) is 0 Å². The van der Waals surface area contributed by atoms with Crippen LogP contribution in [0, 0.1) is 5.82 Å². The van der Waals surface area contributed by atoms with E-state index in [1.54, 1.807) is 19.2 Å². The van der Waals surface area contributed by atoms with Gasteiger partial charge in [-0.25, -0.2) is 4.39 Å². The highest BCUT2D eigenvalue weighted by Crippen LogP contribution is 2.37. The lowest BCUT2D eigenvalue weighted by molar-refractivity contribution is -0.137. The molecule has 2 saturated heterocycles. The third kappa shape index (κ3) is 2.99. The first-order chi connectivity index (χ1) is 10.6. The first-order valence-electron chi connectivity index (χ1n) is 7.87. The summed E-state index contributed by atoms with van der Waals surface area (Å²) in [6.07, 6.45) is 4.87. The monoisotopic (exact) mass is 325 g/mol. The Morgan fingerprint density at radius 1 is 1.36 bits per heavy atom. The molecule has 2 heterocycles. The fourth-order valence-electron chi connectivity index (χ4n) is 3.86. The minimum absolute atomic E-state index is 0.112. The van der Waals surface area contributed by atoms with Gasteiger partial charge in [-0.05, 0) is 44.2 Å². The van der Waals surface area contributed by atoms with E-state index < -0.39 is 0 Å². The standard InChI is InChI=1S/C17H21ClFNO2/c1-22-13-9-11-5-6-12(10-13)20(11)17(21)8-7-14-15(18)3-2-4-16(14)19/h2-4,11-13H,5-10H2,1H3. The molecule has 0 radical (unpaired) electrons. The topological polar surface area (TPSA) is 29.5 Å². The second-order valence-electron chi connectivity index (χ2n) is 6.22. The number of methoxy groups -OCH3 is 1. The molecule has 2 unspecified atom stereocenters. The normalized spacial score (nSPS) is 27.2. The number of halogens is 2. The van der Waals surface area contributed by atoms with E-state index in [0.29, 0.717) is 23.4 Å². The Labute approximate surface area is 135 Å². The van der Waals surface area contributed by atoms with E-state index in [0.717, 1.165) is 25.7 Å². The van der Waals surface area contributed by atoms with Crippen LogP contribution in [-0.4, -0.2) is 36.1 Å². The summed E-state index contributed by atoms with van der Waals surface area (Å²) in [7, 11) is 1.74. The fraction of sp³-hybridized carbons (Fsp3) is 0.588. The fourth-order valence-corrected chi connectivity index (χ4v) is 4.12. The minimum Gasteiger partial charge on any atom is -0.381 e. The molecule has 1 amide bonds. The largest absolute Gasteiger partial charge is 0.381 e. The van der Waals surface area contributed by atoms with Crippen molar-refractivity contribution in [1.29, 1.82) is 0 Å². The quantitative estimate of drug-likeness (QED) is 0.847. The van der Waals surface area contributed by atoms with Crippen LogP contribution < -0.4 is 0 Å². The molecular formula is C17H21ClFNO2. The van der Waals surface area contributed by atoms with Gasteiger partial charge >= 0.3 is 0 Å². The molecule has 5 heteroatoms. The summed E-state index contributed by atoms with van der Waals surface area (Å²) in [5.74, 6) is -0.220. The maximum absolute atomic E-state index is 13.8. The maximum atomic E-state index is 13.8. The van der Waals surface area contributed by atoms with Crippen LogP contribution in [0.4, 0.5) is 4.39 Å². The third-order valence-electron chi connectivity index (χ3n) is 4.96. The van der Waals surface area contributed by atoms with Crippen LogP contribution in [0.5, 0.6) is 0 Å². The molecule has 3 nitrogen and oxygen atoms in total. The van der Waals surface area contributed by atoms with Crippen molar-refractivity contribution in [2.75, 3.05) is 7.11 Å². The van der Waals surface area contributed by atoms with Crippen LogP contribution >= 0.6 is 11.6 Å². The predicted octanol–water partition coefficient (Wildman–Crippen LogP) is 3.58. The van der Waals surface area contributed by atoms with Gasteiger partial charge in [-0.3, -0.25) is 4.79 Å². The van der Waals surface area contributed by atoms with Crippen molar-refractivity contribution < 1.29 is 13.9 Å². The van der Waals surface area contributed by atoms with Crippen LogP contribution in [0.2, 0.25) is 5.02 Å². The van der Waals surface area contributed by atoms with Gasteiger partial charge in [-0.1, -0.05) is 17.7 Å². The second kappa shape index (κ2) is 6.55. The number of hydrogen-bond acceptors (Lipinski definition) is 2. The first kappa shape index (κ1) is 15.8. The lowest BCUT2D eigenvalue weighted by Gasteiger charge is -2.38. The molecule has 1 aromatic rings. The molecule has 0 spiro atoms. The van der Waals surface area contributed by atoms with Crippen molar-refractivity contribution in [3.05, 3.63) is 34.6 Å². The zero-order valence-corrected chi connectivity index (χ0v) is 13.5. The van der Waals surface area contributed by atoms with Crippen LogP contribution in [0.3, 0.4) is 0 Å². The van der Waals surface area contributed by atoms with E-state index in [1.165, 1.54) is 6.07 Å². The molecule has 1 aromatic carbocycles. The van der Waals surface area contributed by atoms with Gasteiger partial charge in [-0.2, -0.15) is 0 Å². The number of piperidine rings is 1. The van der Waals surface area contributed by atoms with Crippen molar-refractivity contribution in [2.24, 2.45) is 0 Å². The molecule has 2 bridgehead atoms. The zero-order chi connectivity index (χ0) is 15.7. The van der Waals surface area contributed by atoms with Crippen molar-refractivity contribution in [3.63, 3.8) is 0 Å². The molecule has 0 aliphatic carbocycles. The minimum atomic E-state index is -0.332. The Bertz CT molecular complexity index is 531. The van der Waals surface area contributed by atoms with Crippen molar-refractivity contribution in [1.82, 2.24) is 4.90 Å². The van der Waals surface area contributed by atoms with Gasteiger partial charge in [0.1, 0.15) is 5.82 Å². The summed E-state index contributed by atoms with van der Waals surface area (Å²) < 4.78 is 19.2. The van der Waals surface area contributed by atoms with Crippen LogP contribution in [-0.2, 0) is 16.0 Å². The molecule has 120 valence electrons. The van der Waals surface area contributed by atoms with Crippen molar-refractivity contribution in [3.8, 4) is 0 Å². The number of hydrogen-bond donors (Lipinski definition) is 0. The number of nitrogens with zero attached hydrogens (tertiary/aromatic N) is 1. The first-order valence-corrected chi connectivity index (χ1v) is 8.24. The van der Waals surface area contributed by atoms with Crippen LogP contribution in [0.15, 0.2) is 18.2 Å². The molecule has 2 aliphatic heterocycles. The smallest absolute Gasteiger partial charge is 0.223 e. The number of carbonyl (C=O) groups is 1. The van der Waals surface area contributed by atoms with Crippen LogP contribution in [0.1, 0.15) is 37.7 Å². The number of carbonyl (C=O) groups excluding carboxylic acids is 1. The highest BCUT2D eigenvalue weighted by molar-refractivity contribution is 6.31. The molecule has 2 fully saturated rings. The van der Waals surface area contributed by atoms with Gasteiger partial charge in [0.2, 0.25) is 5.91 Å². The van der Waals surface area contributed by atoms with E-state index in [2.05, 4.69) is 0 Å². The molecule has 0 saturated carbocycles. The SMILES string of the molecule is COC1CC2CCC(C1)N2C(=O)CCc1c(F)cccc1Cl. The summed E-state index contributed by atoms with van der Waals surface area (Å²) >= 11 is 6.02. The summed E-state index contributed by atoms with van der Waals surface area (Å²) in [6, 6.07) is 5.20. The third-order valence-corrected chi connectivity index (χ3v) is 5.32. The Kier molecular flexibility index (Phi) is 4.69. The molecule has 22 heavy (non-hydrogen) atoms. The average molecular weight is 326 g/mol. The molecule has 0 aromatic heterocycles. The highest BCUT2D eigenvalue weighted by Gasteiger charge is 2.42. The molecule has 2 aliphatic rings. The van der Waals surface area contributed by atoms with Gasteiger partial charge in [0.15, 0.2) is 0 Å². The van der Waals surface area contributed by atoms with Gasteiger partial charge in [0, 0.05) is 36.2 Å². The lowest BCUT2D eigenvalue weighted by atomic mass is 9.98. The van der Waals surface area contributed by atoms with Gasteiger partial charge in [0.05, 0.1) is 6.10 Å². The molecular weight excluding hydrogens is 305 g/mol. The van der Waals surface area contributed by atoms with Gasteiger partial charge < -0.3 is 9.64 Å².